The number of thiophene rings is 1. The van der Waals surface area contributed by atoms with Gasteiger partial charge in [0.2, 0.25) is 0 Å². The lowest BCUT2D eigenvalue weighted by molar-refractivity contribution is -0.140. The van der Waals surface area contributed by atoms with E-state index < -0.39 is 12.0 Å². The predicted octanol–water partition coefficient (Wildman–Crippen LogP) is 3.45. The quantitative estimate of drug-likeness (QED) is 0.393. The first kappa shape index (κ1) is 22.7. The number of hydrogen-bond donors (Lipinski definition) is 0. The SMILES string of the molecule is COCCOC(=O)C1=C(C)N=c2sc(=Cc3sccc3C)c(=O)n2C1c1ccccc1Cl. The molecule has 3 aromatic rings. The molecule has 3 heterocycles. The van der Waals surface area contributed by atoms with Gasteiger partial charge in [0.1, 0.15) is 12.6 Å². The molecule has 0 bridgehead atoms. The number of aryl methyl sites for hydroxylation is 1. The number of fused-ring (bicyclic) bond motifs is 1. The number of carbonyl (C=O) groups excluding carboxylic acids is 1. The number of hydrogen-bond acceptors (Lipinski definition) is 7. The number of esters is 1. The van der Waals surface area contributed by atoms with Gasteiger partial charge < -0.3 is 9.47 Å². The maximum Gasteiger partial charge on any atom is 0.338 e. The number of rotatable bonds is 6. The number of thiazole rings is 1. The minimum Gasteiger partial charge on any atom is -0.460 e. The Labute approximate surface area is 197 Å². The predicted molar refractivity (Wildman–Crippen MR) is 127 cm³/mol. The standard InChI is InChI=1S/C23H21ClN2O4S2/c1-13-8-11-31-17(13)12-18-21(27)26-20(15-6-4-5-7-16(15)24)19(14(2)25-23(26)32-18)22(28)30-10-9-29-3/h4-8,11-12,20H,9-10H2,1-3H3. The van der Waals surface area contributed by atoms with E-state index in [1.165, 1.54) is 18.4 Å². The van der Waals surface area contributed by atoms with E-state index >= 15 is 0 Å². The highest BCUT2D eigenvalue weighted by Crippen LogP contribution is 2.34. The van der Waals surface area contributed by atoms with E-state index in [-0.39, 0.29) is 18.8 Å². The van der Waals surface area contributed by atoms with Crippen LogP contribution in [0.4, 0.5) is 0 Å². The van der Waals surface area contributed by atoms with E-state index in [0.29, 0.717) is 31.2 Å². The molecule has 0 radical (unpaired) electrons. The van der Waals surface area contributed by atoms with Crippen LogP contribution in [0.3, 0.4) is 0 Å². The molecule has 4 rings (SSSR count). The first-order chi connectivity index (χ1) is 15.4. The van der Waals surface area contributed by atoms with Crippen LogP contribution in [0.1, 0.15) is 29.0 Å². The van der Waals surface area contributed by atoms with E-state index in [0.717, 1.165) is 10.4 Å². The second-order valence-electron chi connectivity index (χ2n) is 7.20. The normalized spacial score (nSPS) is 16.1. The fourth-order valence-corrected chi connectivity index (χ4v) is 5.72. The molecule has 0 saturated carbocycles. The zero-order chi connectivity index (χ0) is 22.8. The number of ether oxygens (including phenoxy) is 2. The van der Waals surface area contributed by atoms with Gasteiger partial charge in [-0.3, -0.25) is 9.36 Å². The third-order valence-electron chi connectivity index (χ3n) is 5.13. The Hall–Kier alpha value is -2.52. The van der Waals surface area contributed by atoms with Crippen molar-refractivity contribution < 1.29 is 14.3 Å². The van der Waals surface area contributed by atoms with E-state index in [1.54, 1.807) is 28.9 Å². The zero-order valence-corrected chi connectivity index (χ0v) is 20.1. The number of benzene rings is 1. The van der Waals surface area contributed by atoms with Crippen LogP contribution in [-0.4, -0.2) is 30.9 Å². The molecule has 0 amide bonds. The summed E-state index contributed by atoms with van der Waals surface area (Å²) in [4.78, 5) is 32.7. The number of methoxy groups -OCH3 is 1. The Bertz CT molecular complexity index is 1380. The number of nitrogens with zero attached hydrogens (tertiary/aromatic N) is 2. The van der Waals surface area contributed by atoms with E-state index in [1.807, 2.05) is 42.6 Å². The van der Waals surface area contributed by atoms with Crippen molar-refractivity contribution in [2.24, 2.45) is 4.99 Å². The van der Waals surface area contributed by atoms with Crippen molar-refractivity contribution >= 4 is 46.3 Å². The van der Waals surface area contributed by atoms with Gasteiger partial charge in [-0.05, 0) is 48.6 Å². The number of aromatic nitrogens is 1. The topological polar surface area (TPSA) is 69.9 Å². The lowest BCUT2D eigenvalue weighted by atomic mass is 9.96. The van der Waals surface area contributed by atoms with E-state index in [9.17, 15) is 9.59 Å². The molecule has 0 saturated heterocycles. The molecule has 0 aliphatic carbocycles. The Morgan fingerprint density at radius 3 is 2.72 bits per heavy atom. The van der Waals surface area contributed by atoms with Gasteiger partial charge in [0.05, 0.1) is 22.4 Å². The lowest BCUT2D eigenvalue weighted by Crippen LogP contribution is -2.40. The molecule has 1 aliphatic heterocycles. The zero-order valence-electron chi connectivity index (χ0n) is 17.8. The van der Waals surface area contributed by atoms with Crippen LogP contribution in [0, 0.1) is 6.92 Å². The second-order valence-corrected chi connectivity index (χ2v) is 9.56. The Morgan fingerprint density at radius 1 is 1.25 bits per heavy atom. The van der Waals surface area contributed by atoms with Crippen molar-refractivity contribution in [1.29, 1.82) is 0 Å². The molecular formula is C23H21ClN2O4S2. The van der Waals surface area contributed by atoms with Gasteiger partial charge in [0, 0.05) is 17.0 Å². The molecule has 0 spiro atoms. The third kappa shape index (κ3) is 4.23. The molecular weight excluding hydrogens is 468 g/mol. The highest BCUT2D eigenvalue weighted by molar-refractivity contribution is 7.11. The Kier molecular flexibility index (Phi) is 6.76. The highest BCUT2D eigenvalue weighted by atomic mass is 35.5. The van der Waals surface area contributed by atoms with Gasteiger partial charge in [0.25, 0.3) is 5.56 Å². The molecule has 1 unspecified atom stereocenters. The lowest BCUT2D eigenvalue weighted by Gasteiger charge is -2.25. The summed E-state index contributed by atoms with van der Waals surface area (Å²) < 4.78 is 12.5. The summed E-state index contributed by atoms with van der Waals surface area (Å²) in [5, 5.41) is 2.45. The monoisotopic (exact) mass is 488 g/mol. The minimum absolute atomic E-state index is 0.101. The van der Waals surface area contributed by atoms with Gasteiger partial charge >= 0.3 is 5.97 Å². The van der Waals surface area contributed by atoms with E-state index in [2.05, 4.69) is 4.99 Å². The van der Waals surface area contributed by atoms with E-state index in [4.69, 9.17) is 21.1 Å². The molecule has 1 aromatic carbocycles. The van der Waals surface area contributed by atoms with Crippen molar-refractivity contribution in [3.05, 3.63) is 87.7 Å². The summed E-state index contributed by atoms with van der Waals surface area (Å²) >= 11 is 9.39. The van der Waals surface area contributed by atoms with Crippen LogP contribution < -0.4 is 14.9 Å². The van der Waals surface area contributed by atoms with Crippen LogP contribution in [0.25, 0.3) is 6.08 Å². The molecule has 2 aromatic heterocycles. The molecule has 9 heteroatoms. The Morgan fingerprint density at radius 2 is 2.03 bits per heavy atom. The van der Waals surface area contributed by atoms with Crippen LogP contribution in [0.15, 0.2) is 56.8 Å². The van der Waals surface area contributed by atoms with Gasteiger partial charge in [-0.15, -0.1) is 11.3 Å². The van der Waals surface area contributed by atoms with Crippen molar-refractivity contribution in [3.63, 3.8) is 0 Å². The summed E-state index contributed by atoms with van der Waals surface area (Å²) in [5.74, 6) is -0.545. The van der Waals surface area contributed by atoms with Crippen LogP contribution in [-0.2, 0) is 14.3 Å². The molecule has 0 N–H and O–H groups in total. The summed E-state index contributed by atoms with van der Waals surface area (Å²) in [6.07, 6.45) is 1.88. The summed E-state index contributed by atoms with van der Waals surface area (Å²) in [6.45, 7) is 4.12. The van der Waals surface area contributed by atoms with Crippen LogP contribution in [0.5, 0.6) is 0 Å². The molecule has 32 heavy (non-hydrogen) atoms. The molecule has 6 nitrogen and oxygen atoms in total. The summed E-state index contributed by atoms with van der Waals surface area (Å²) in [7, 11) is 1.53. The molecule has 1 atom stereocenters. The van der Waals surface area contributed by atoms with Crippen LogP contribution in [0.2, 0.25) is 5.02 Å². The summed E-state index contributed by atoms with van der Waals surface area (Å²) in [6, 6.07) is 8.47. The summed E-state index contributed by atoms with van der Waals surface area (Å²) in [5.41, 5.74) is 2.31. The minimum atomic E-state index is -0.735. The first-order valence-corrected chi connectivity index (χ1v) is 12.0. The Balaban J connectivity index is 1.92. The molecule has 0 fully saturated rings. The van der Waals surface area contributed by atoms with Crippen molar-refractivity contribution in [3.8, 4) is 0 Å². The van der Waals surface area contributed by atoms with Gasteiger partial charge in [-0.2, -0.15) is 0 Å². The average molecular weight is 489 g/mol. The third-order valence-corrected chi connectivity index (χ3v) is 7.42. The molecule has 166 valence electrons. The largest absolute Gasteiger partial charge is 0.460 e. The number of carbonyl (C=O) groups is 1. The number of allylic oxidation sites excluding steroid dienone is 1. The number of halogens is 1. The van der Waals surface area contributed by atoms with Gasteiger partial charge in [-0.25, -0.2) is 9.79 Å². The van der Waals surface area contributed by atoms with Crippen LogP contribution >= 0.6 is 34.3 Å². The maximum atomic E-state index is 13.5. The fourth-order valence-electron chi connectivity index (χ4n) is 3.52. The highest BCUT2D eigenvalue weighted by Gasteiger charge is 2.34. The van der Waals surface area contributed by atoms with Crippen molar-refractivity contribution in [2.45, 2.75) is 19.9 Å². The van der Waals surface area contributed by atoms with Gasteiger partial charge in [-0.1, -0.05) is 41.1 Å². The first-order valence-electron chi connectivity index (χ1n) is 9.89. The smallest absolute Gasteiger partial charge is 0.338 e. The second kappa shape index (κ2) is 9.54. The average Bonchev–Trinajstić information content (AvgIpc) is 3.30. The van der Waals surface area contributed by atoms with Crippen molar-refractivity contribution in [1.82, 2.24) is 4.57 Å². The molecule has 1 aliphatic rings. The van der Waals surface area contributed by atoms with Gasteiger partial charge in [0.15, 0.2) is 4.80 Å². The maximum absolute atomic E-state index is 13.5. The van der Waals surface area contributed by atoms with Crippen molar-refractivity contribution in [2.75, 3.05) is 20.3 Å². The fraction of sp³-hybridized carbons (Fsp3) is 0.261.